The van der Waals surface area contributed by atoms with E-state index in [1.165, 1.54) is 6.92 Å². The van der Waals surface area contributed by atoms with Crippen LogP contribution in [0, 0.1) is 11.3 Å². The van der Waals surface area contributed by atoms with Crippen molar-refractivity contribution in [2.24, 2.45) is 0 Å². The van der Waals surface area contributed by atoms with E-state index in [4.69, 9.17) is 5.26 Å². The molecule has 0 aliphatic rings. The summed E-state index contributed by atoms with van der Waals surface area (Å²) in [4.78, 5) is 0. The summed E-state index contributed by atoms with van der Waals surface area (Å²) in [5.74, 6) is 0. The molecular weight excluding hydrogens is 96.7 g/mol. The number of rotatable bonds is 0. The van der Waals surface area contributed by atoms with Crippen LogP contribution >= 0.6 is 0 Å². The first-order valence-electron chi connectivity index (χ1n) is 0.724. The van der Waals surface area contributed by atoms with Gasteiger partial charge in [0, 0.05) is 6.92 Å². The summed E-state index contributed by atoms with van der Waals surface area (Å²) in [6, 6.07) is 1.75. The molecule has 0 aromatic rings. The van der Waals surface area contributed by atoms with E-state index in [2.05, 4.69) is 0 Å². The Kier molecular flexibility index (Phi) is 27.3. The maximum absolute atomic E-state index is 7.32. The van der Waals surface area contributed by atoms with E-state index >= 15 is 0 Å². The Morgan fingerprint density at radius 1 is 1.75 bits per heavy atom. The minimum Gasteiger partial charge on any atom is -0.199 e. The van der Waals surface area contributed by atoms with Crippen molar-refractivity contribution in [3.63, 3.8) is 0 Å². The van der Waals surface area contributed by atoms with Gasteiger partial charge < -0.3 is 0 Å². The third kappa shape index (κ3) is 7050. The SMILES string of the molecule is CC#N.[Ni+2]. The van der Waals surface area contributed by atoms with E-state index in [0.717, 1.165) is 0 Å². The zero-order valence-corrected chi connectivity index (χ0v) is 3.25. The molecule has 0 N–H and O–H groups in total. The van der Waals surface area contributed by atoms with Gasteiger partial charge in [0.1, 0.15) is 0 Å². The van der Waals surface area contributed by atoms with Crippen molar-refractivity contribution >= 4 is 0 Å². The molecule has 2 heteroatoms. The summed E-state index contributed by atoms with van der Waals surface area (Å²) in [6.07, 6.45) is 0. The first-order valence-corrected chi connectivity index (χ1v) is 0.724. The molecule has 0 spiro atoms. The van der Waals surface area contributed by atoms with Crippen LogP contribution in [0.25, 0.3) is 0 Å². The Balaban J connectivity index is 0. The second-order valence-electron chi connectivity index (χ2n) is 0.224. The van der Waals surface area contributed by atoms with E-state index in [0.29, 0.717) is 0 Å². The van der Waals surface area contributed by atoms with E-state index in [1.54, 1.807) is 6.07 Å². The van der Waals surface area contributed by atoms with Crippen molar-refractivity contribution < 1.29 is 16.5 Å². The minimum atomic E-state index is 0. The molecule has 0 amide bonds. The topological polar surface area (TPSA) is 23.8 Å². The van der Waals surface area contributed by atoms with E-state index in [9.17, 15) is 0 Å². The van der Waals surface area contributed by atoms with Crippen LogP contribution in [-0.2, 0) is 16.5 Å². The number of nitrogens with zero attached hydrogens (tertiary/aromatic N) is 1. The Morgan fingerprint density at radius 3 is 1.75 bits per heavy atom. The van der Waals surface area contributed by atoms with Gasteiger partial charge in [-0.15, -0.1) is 0 Å². The third-order valence-corrected chi connectivity index (χ3v) is 0. The standard InChI is InChI=1S/C2H3N.Ni/c1-2-3;/h1H3;/q;+2. The summed E-state index contributed by atoms with van der Waals surface area (Å²) in [5.41, 5.74) is 0. The van der Waals surface area contributed by atoms with Crippen molar-refractivity contribution in [1.29, 1.82) is 5.26 Å². The molecule has 0 heterocycles. The predicted octanol–water partition coefficient (Wildman–Crippen LogP) is 0.527. The molecule has 0 radical (unpaired) electrons. The smallest absolute Gasteiger partial charge is 0.199 e. The fraction of sp³-hybridized carbons (Fsp3) is 0.500. The average molecular weight is 99.7 g/mol. The molecule has 0 saturated carbocycles. The molecule has 4 heavy (non-hydrogen) atoms. The van der Waals surface area contributed by atoms with Crippen LogP contribution in [0.4, 0.5) is 0 Å². The Bertz CT molecular complexity index is 27.5. The van der Waals surface area contributed by atoms with Gasteiger partial charge in [-0.2, -0.15) is 5.26 Å². The molecule has 0 aromatic carbocycles. The zero-order valence-electron chi connectivity index (χ0n) is 2.26. The molecule has 0 aliphatic heterocycles. The molecule has 0 aliphatic carbocycles. The van der Waals surface area contributed by atoms with E-state index in [-0.39, 0.29) is 16.5 Å². The molecule has 1 nitrogen and oxygen atoms in total. The van der Waals surface area contributed by atoms with Gasteiger partial charge >= 0.3 is 16.5 Å². The summed E-state index contributed by atoms with van der Waals surface area (Å²) in [6.45, 7) is 1.43. The molecule has 0 aromatic heterocycles. The summed E-state index contributed by atoms with van der Waals surface area (Å²) in [7, 11) is 0. The maximum atomic E-state index is 7.32. The second kappa shape index (κ2) is 12.1. The van der Waals surface area contributed by atoms with Gasteiger partial charge in [-0.05, 0) is 0 Å². The Labute approximate surface area is 35.5 Å². The van der Waals surface area contributed by atoms with Crippen molar-refractivity contribution in [3.05, 3.63) is 0 Å². The molecule has 0 rings (SSSR count). The second-order valence-corrected chi connectivity index (χ2v) is 0.224. The van der Waals surface area contributed by atoms with Gasteiger partial charge in [-0.3, -0.25) is 0 Å². The van der Waals surface area contributed by atoms with Crippen molar-refractivity contribution in [1.82, 2.24) is 0 Å². The van der Waals surface area contributed by atoms with Crippen LogP contribution < -0.4 is 0 Å². The van der Waals surface area contributed by atoms with Crippen LogP contribution in [0.2, 0.25) is 0 Å². The van der Waals surface area contributed by atoms with Gasteiger partial charge in [0.05, 0.1) is 6.07 Å². The fourth-order valence-electron chi connectivity index (χ4n) is 0. The predicted molar refractivity (Wildman–Crippen MR) is 11.3 cm³/mol. The van der Waals surface area contributed by atoms with Crippen molar-refractivity contribution in [2.45, 2.75) is 6.92 Å². The maximum Gasteiger partial charge on any atom is 2.00 e. The van der Waals surface area contributed by atoms with E-state index in [1.807, 2.05) is 0 Å². The molecule has 0 bridgehead atoms. The van der Waals surface area contributed by atoms with Crippen molar-refractivity contribution in [2.75, 3.05) is 0 Å². The fourth-order valence-corrected chi connectivity index (χ4v) is 0. The monoisotopic (exact) mass is 99.0 g/mol. The first kappa shape index (κ1) is 9.01. The Morgan fingerprint density at radius 2 is 1.75 bits per heavy atom. The van der Waals surface area contributed by atoms with Crippen LogP contribution in [-0.4, -0.2) is 0 Å². The Hall–Kier alpha value is -0.0165. The number of nitriles is 1. The zero-order chi connectivity index (χ0) is 2.71. The quantitative estimate of drug-likeness (QED) is 0.407. The molecule has 0 fully saturated rings. The van der Waals surface area contributed by atoms with Gasteiger partial charge in [-0.1, -0.05) is 0 Å². The molecule has 0 saturated heterocycles. The van der Waals surface area contributed by atoms with Crippen LogP contribution in [0.15, 0.2) is 0 Å². The summed E-state index contributed by atoms with van der Waals surface area (Å²) in [5, 5.41) is 7.32. The number of hydrogen-bond donors (Lipinski definition) is 0. The van der Waals surface area contributed by atoms with Gasteiger partial charge in [0.15, 0.2) is 0 Å². The van der Waals surface area contributed by atoms with Crippen LogP contribution in [0.3, 0.4) is 0 Å². The van der Waals surface area contributed by atoms with Gasteiger partial charge in [-0.25, -0.2) is 0 Å². The summed E-state index contributed by atoms with van der Waals surface area (Å²) >= 11 is 0. The number of hydrogen-bond acceptors (Lipinski definition) is 1. The summed E-state index contributed by atoms with van der Waals surface area (Å²) < 4.78 is 0. The van der Waals surface area contributed by atoms with E-state index < -0.39 is 0 Å². The molecule has 0 unspecified atom stereocenters. The average Bonchev–Trinajstić information content (AvgIpc) is 0.918. The third-order valence-electron chi connectivity index (χ3n) is 0. The van der Waals surface area contributed by atoms with Crippen LogP contribution in [0.5, 0.6) is 0 Å². The van der Waals surface area contributed by atoms with Crippen molar-refractivity contribution in [3.8, 4) is 6.07 Å². The first-order chi connectivity index (χ1) is 1.41. The largest absolute Gasteiger partial charge is 2.00 e. The normalized spacial score (nSPS) is 2.00. The van der Waals surface area contributed by atoms with Crippen LogP contribution in [0.1, 0.15) is 6.92 Å². The molecule has 0 atom stereocenters. The molecule has 24 valence electrons. The minimum absolute atomic E-state index is 0. The molecular formula is C2H3NNi+2. The van der Waals surface area contributed by atoms with Gasteiger partial charge in [0.25, 0.3) is 0 Å². The van der Waals surface area contributed by atoms with Gasteiger partial charge in [0.2, 0.25) is 0 Å².